The minimum atomic E-state index is -1.65. The predicted octanol–water partition coefficient (Wildman–Crippen LogP) is 1.46. The number of hydrogen-bond acceptors (Lipinski definition) is 5. The summed E-state index contributed by atoms with van der Waals surface area (Å²) in [6.07, 6.45) is -1.56. The lowest BCUT2D eigenvalue weighted by Crippen LogP contribution is -2.29. The van der Waals surface area contributed by atoms with Crippen LogP contribution in [0.3, 0.4) is 0 Å². The molecule has 0 saturated carbocycles. The highest BCUT2D eigenvalue weighted by atomic mass is 35.5. The van der Waals surface area contributed by atoms with E-state index in [0.717, 1.165) is 7.11 Å². The molecule has 1 aromatic carbocycles. The highest BCUT2D eigenvalue weighted by Gasteiger charge is 2.27. The van der Waals surface area contributed by atoms with Crippen LogP contribution < -0.4 is 0 Å². The average molecular weight is 282 g/mol. The number of aliphatic hydroxyl groups excluding tert-OH is 2. The van der Waals surface area contributed by atoms with Gasteiger partial charge in [0.1, 0.15) is 6.10 Å². The number of aliphatic hydroxyl groups is 2. The van der Waals surface area contributed by atoms with Gasteiger partial charge in [0, 0.05) is 16.6 Å². The second-order valence-corrected chi connectivity index (χ2v) is 4.41. The molecule has 0 bridgehead atoms. The van der Waals surface area contributed by atoms with E-state index in [1.807, 2.05) is 0 Å². The molecule has 0 saturated heterocycles. The Hall–Kier alpha value is -1.69. The zero-order chi connectivity index (χ0) is 14.0. The Morgan fingerprint density at radius 2 is 2.11 bits per heavy atom. The molecule has 100 valence electrons. The maximum absolute atomic E-state index is 11.2. The highest BCUT2D eigenvalue weighted by Crippen LogP contribution is 2.27. The van der Waals surface area contributed by atoms with Gasteiger partial charge in [-0.2, -0.15) is 0 Å². The van der Waals surface area contributed by atoms with Crippen LogP contribution in [0, 0.1) is 0 Å². The SMILES string of the molecule is COC(=O)C(O)C(O)c1ccnc2cc(Cl)ccc12. The van der Waals surface area contributed by atoms with Crippen molar-refractivity contribution >= 4 is 28.5 Å². The van der Waals surface area contributed by atoms with Crippen LogP contribution in [0.25, 0.3) is 10.9 Å². The first-order chi connectivity index (χ1) is 9.04. The lowest BCUT2D eigenvalue weighted by Gasteiger charge is -2.17. The Morgan fingerprint density at radius 1 is 1.37 bits per heavy atom. The van der Waals surface area contributed by atoms with Gasteiger partial charge in [0.2, 0.25) is 0 Å². The van der Waals surface area contributed by atoms with Gasteiger partial charge in [0.15, 0.2) is 6.10 Å². The van der Waals surface area contributed by atoms with Crippen LogP contribution in [0.4, 0.5) is 0 Å². The van der Waals surface area contributed by atoms with Crippen molar-refractivity contribution in [2.45, 2.75) is 12.2 Å². The second-order valence-electron chi connectivity index (χ2n) is 3.97. The molecular formula is C13H12ClNO4. The van der Waals surface area contributed by atoms with Crippen LogP contribution in [0.1, 0.15) is 11.7 Å². The molecule has 19 heavy (non-hydrogen) atoms. The third-order valence-corrected chi connectivity index (χ3v) is 3.03. The normalized spacial score (nSPS) is 14.1. The molecule has 0 aliphatic rings. The molecule has 0 amide bonds. The Labute approximate surface area is 114 Å². The summed E-state index contributed by atoms with van der Waals surface area (Å²) in [6.45, 7) is 0. The average Bonchev–Trinajstić information content (AvgIpc) is 2.43. The van der Waals surface area contributed by atoms with E-state index >= 15 is 0 Å². The summed E-state index contributed by atoms with van der Waals surface area (Å²) >= 11 is 5.86. The van der Waals surface area contributed by atoms with Crippen LogP contribution in [-0.4, -0.2) is 34.4 Å². The van der Waals surface area contributed by atoms with Gasteiger partial charge < -0.3 is 14.9 Å². The van der Waals surface area contributed by atoms with Gasteiger partial charge in [-0.05, 0) is 23.8 Å². The number of halogens is 1. The molecule has 2 rings (SSSR count). The molecule has 0 radical (unpaired) electrons. The molecule has 2 atom stereocenters. The van der Waals surface area contributed by atoms with Crippen molar-refractivity contribution in [2.24, 2.45) is 0 Å². The fourth-order valence-electron chi connectivity index (χ4n) is 1.82. The van der Waals surface area contributed by atoms with Gasteiger partial charge in [-0.3, -0.25) is 4.98 Å². The van der Waals surface area contributed by atoms with Gasteiger partial charge >= 0.3 is 5.97 Å². The number of esters is 1. The topological polar surface area (TPSA) is 79.7 Å². The number of carbonyl (C=O) groups excluding carboxylic acids is 1. The summed E-state index contributed by atoms with van der Waals surface area (Å²) < 4.78 is 4.40. The maximum atomic E-state index is 11.2. The van der Waals surface area contributed by atoms with E-state index in [0.29, 0.717) is 21.5 Å². The number of fused-ring (bicyclic) bond motifs is 1. The van der Waals surface area contributed by atoms with E-state index in [4.69, 9.17) is 11.6 Å². The second kappa shape index (κ2) is 5.52. The molecule has 2 aromatic rings. The lowest BCUT2D eigenvalue weighted by atomic mass is 10.0. The first-order valence-corrected chi connectivity index (χ1v) is 5.90. The maximum Gasteiger partial charge on any atom is 0.337 e. The van der Waals surface area contributed by atoms with Gasteiger partial charge in [0.25, 0.3) is 0 Å². The molecule has 1 aromatic heterocycles. The van der Waals surface area contributed by atoms with Crippen molar-refractivity contribution < 1.29 is 19.7 Å². The summed E-state index contributed by atoms with van der Waals surface area (Å²) in [5, 5.41) is 20.9. The highest BCUT2D eigenvalue weighted by molar-refractivity contribution is 6.31. The monoisotopic (exact) mass is 281 g/mol. The van der Waals surface area contributed by atoms with Crippen molar-refractivity contribution in [1.29, 1.82) is 0 Å². The third-order valence-electron chi connectivity index (χ3n) is 2.80. The van der Waals surface area contributed by atoms with E-state index in [-0.39, 0.29) is 0 Å². The summed E-state index contributed by atoms with van der Waals surface area (Å²) in [7, 11) is 1.14. The number of methoxy groups -OCH3 is 1. The van der Waals surface area contributed by atoms with E-state index in [1.54, 1.807) is 18.2 Å². The zero-order valence-corrected chi connectivity index (χ0v) is 10.8. The van der Waals surface area contributed by atoms with Gasteiger partial charge in [-0.1, -0.05) is 17.7 Å². The van der Waals surface area contributed by atoms with Crippen LogP contribution >= 0.6 is 11.6 Å². The largest absolute Gasteiger partial charge is 0.467 e. The number of nitrogens with zero attached hydrogens (tertiary/aromatic N) is 1. The fourth-order valence-corrected chi connectivity index (χ4v) is 1.99. The van der Waals surface area contributed by atoms with Crippen molar-refractivity contribution in [1.82, 2.24) is 4.98 Å². The standard InChI is InChI=1S/C13H12ClNO4/c1-19-13(18)12(17)11(16)9-4-5-15-10-6-7(14)2-3-8(9)10/h2-6,11-12,16-17H,1H3. The Kier molecular flexibility index (Phi) is 3.99. The molecule has 0 fully saturated rings. The molecule has 5 nitrogen and oxygen atoms in total. The number of benzene rings is 1. The first-order valence-electron chi connectivity index (χ1n) is 5.52. The smallest absolute Gasteiger partial charge is 0.337 e. The number of hydrogen-bond donors (Lipinski definition) is 2. The number of pyridine rings is 1. The minimum Gasteiger partial charge on any atom is -0.467 e. The minimum absolute atomic E-state index is 0.388. The number of carbonyl (C=O) groups is 1. The molecule has 2 unspecified atom stereocenters. The summed E-state index contributed by atoms with van der Waals surface area (Å²) in [4.78, 5) is 15.4. The van der Waals surface area contributed by atoms with Crippen molar-refractivity contribution in [2.75, 3.05) is 7.11 Å². The lowest BCUT2D eigenvalue weighted by molar-refractivity contribution is -0.156. The number of rotatable bonds is 3. The van der Waals surface area contributed by atoms with Crippen molar-refractivity contribution in [3.05, 3.63) is 41.0 Å². The van der Waals surface area contributed by atoms with Crippen molar-refractivity contribution in [3.8, 4) is 0 Å². The molecular weight excluding hydrogens is 270 g/mol. The van der Waals surface area contributed by atoms with Gasteiger partial charge in [-0.25, -0.2) is 4.79 Å². The van der Waals surface area contributed by atoms with Crippen LogP contribution in [-0.2, 0) is 9.53 Å². The molecule has 6 heteroatoms. The van der Waals surface area contributed by atoms with Crippen LogP contribution in [0.5, 0.6) is 0 Å². The van der Waals surface area contributed by atoms with E-state index in [2.05, 4.69) is 9.72 Å². The first kappa shape index (κ1) is 13.7. The van der Waals surface area contributed by atoms with Gasteiger partial charge in [-0.15, -0.1) is 0 Å². The number of ether oxygens (including phenoxy) is 1. The fraction of sp³-hybridized carbons (Fsp3) is 0.231. The number of aromatic nitrogens is 1. The summed E-state index contributed by atoms with van der Waals surface area (Å²) in [6, 6.07) is 6.49. The van der Waals surface area contributed by atoms with Crippen LogP contribution in [0.15, 0.2) is 30.5 Å². The van der Waals surface area contributed by atoms with E-state index < -0.39 is 18.2 Å². The molecule has 2 N–H and O–H groups in total. The summed E-state index contributed by atoms with van der Waals surface area (Å²) in [5.74, 6) is -0.897. The molecule has 1 heterocycles. The Balaban J connectivity index is 2.47. The Morgan fingerprint density at radius 3 is 2.79 bits per heavy atom. The Bertz CT molecular complexity index is 617. The molecule has 0 spiro atoms. The van der Waals surface area contributed by atoms with E-state index in [1.165, 1.54) is 12.3 Å². The summed E-state index contributed by atoms with van der Waals surface area (Å²) in [5.41, 5.74) is 0.959. The molecule has 0 aliphatic carbocycles. The quantitative estimate of drug-likeness (QED) is 0.833. The van der Waals surface area contributed by atoms with E-state index in [9.17, 15) is 15.0 Å². The van der Waals surface area contributed by atoms with Gasteiger partial charge in [0.05, 0.1) is 12.6 Å². The molecule has 0 aliphatic heterocycles. The zero-order valence-electron chi connectivity index (χ0n) is 10.1. The van der Waals surface area contributed by atoms with Crippen LogP contribution in [0.2, 0.25) is 5.02 Å². The third kappa shape index (κ3) is 2.68. The predicted molar refractivity (Wildman–Crippen MR) is 69.7 cm³/mol. The van der Waals surface area contributed by atoms with Crippen molar-refractivity contribution in [3.63, 3.8) is 0 Å².